The molecule has 5 rings (SSSR count). The van der Waals surface area contributed by atoms with Crippen LogP contribution in [0.5, 0.6) is 0 Å². The minimum absolute atomic E-state index is 0.0797. The van der Waals surface area contributed by atoms with Gasteiger partial charge in [-0.25, -0.2) is 4.98 Å². The van der Waals surface area contributed by atoms with Gasteiger partial charge in [-0.05, 0) is 87.4 Å². The largest absolute Gasteiger partial charge is 0.416 e. The molecule has 5 nitrogen and oxygen atoms in total. The van der Waals surface area contributed by atoms with Crippen molar-refractivity contribution in [1.82, 2.24) is 15.2 Å². The number of thiazole rings is 1. The van der Waals surface area contributed by atoms with Crippen molar-refractivity contribution in [2.45, 2.75) is 74.8 Å². The smallest absolute Gasteiger partial charge is 0.375 e. The molecular weight excluding hydrogens is 578 g/mol. The van der Waals surface area contributed by atoms with Crippen molar-refractivity contribution in [3.05, 3.63) is 81.9 Å². The fraction of sp³-hybridized carbons (Fsp3) is 0.467. The predicted molar refractivity (Wildman–Crippen MR) is 149 cm³/mol. The van der Waals surface area contributed by atoms with Gasteiger partial charge in [0.1, 0.15) is 0 Å². The average Bonchev–Trinajstić information content (AvgIpc) is 3.60. The SMILES string of the molecule is CC(NC(=O)C1(c2csc(N)n2)CCC(N2CCC(c3ccccc3)CC2)C1)c1cc(C(F)(F)F)cc(C(F)(F)F)c1. The quantitative estimate of drug-likeness (QED) is 0.287. The van der Waals surface area contributed by atoms with E-state index in [0.29, 0.717) is 43.0 Å². The molecule has 3 atom stereocenters. The van der Waals surface area contributed by atoms with E-state index in [2.05, 4.69) is 27.3 Å². The van der Waals surface area contributed by atoms with Crippen LogP contribution >= 0.6 is 11.3 Å². The molecule has 2 aliphatic rings. The van der Waals surface area contributed by atoms with E-state index in [9.17, 15) is 31.1 Å². The maximum Gasteiger partial charge on any atom is 0.416 e. The highest BCUT2D eigenvalue weighted by Crippen LogP contribution is 2.46. The van der Waals surface area contributed by atoms with Gasteiger partial charge in [0.15, 0.2) is 5.13 Å². The Morgan fingerprint density at radius 2 is 1.64 bits per heavy atom. The normalized spacial score (nSPS) is 23.2. The molecule has 1 aromatic heterocycles. The second-order valence-electron chi connectivity index (χ2n) is 11.3. The third kappa shape index (κ3) is 6.29. The van der Waals surface area contributed by atoms with Crippen LogP contribution < -0.4 is 11.1 Å². The molecular formula is C30H32F6N4OS. The second-order valence-corrected chi connectivity index (χ2v) is 12.2. The number of carbonyl (C=O) groups excluding carboxylic acids is 1. The number of hydrogen-bond donors (Lipinski definition) is 2. The predicted octanol–water partition coefficient (Wildman–Crippen LogP) is 7.31. The first-order chi connectivity index (χ1) is 19.8. The Balaban J connectivity index is 1.36. The molecule has 1 aliphatic carbocycles. The molecule has 1 amide bonds. The molecule has 2 fully saturated rings. The lowest BCUT2D eigenvalue weighted by molar-refractivity contribution is -0.143. The topological polar surface area (TPSA) is 71.2 Å². The summed E-state index contributed by atoms with van der Waals surface area (Å²) in [6.07, 6.45) is -6.42. The summed E-state index contributed by atoms with van der Waals surface area (Å²) in [5, 5.41) is 4.73. The maximum absolute atomic E-state index is 13.9. The number of aromatic nitrogens is 1. The summed E-state index contributed by atoms with van der Waals surface area (Å²) in [4.78, 5) is 20.7. The van der Waals surface area contributed by atoms with Gasteiger partial charge in [0.2, 0.25) is 5.91 Å². The van der Waals surface area contributed by atoms with Gasteiger partial charge in [0.05, 0.1) is 28.3 Å². The Morgan fingerprint density at radius 3 is 2.19 bits per heavy atom. The molecule has 0 spiro atoms. The van der Waals surface area contributed by atoms with Crippen molar-refractivity contribution in [2.24, 2.45) is 0 Å². The van der Waals surface area contributed by atoms with Crippen LogP contribution in [0, 0.1) is 0 Å². The highest BCUT2D eigenvalue weighted by Gasteiger charge is 2.50. The van der Waals surface area contributed by atoms with Gasteiger partial charge in [-0.1, -0.05) is 30.3 Å². The molecule has 1 saturated heterocycles. The lowest BCUT2D eigenvalue weighted by Crippen LogP contribution is -2.46. The Morgan fingerprint density at radius 1 is 1.02 bits per heavy atom. The molecule has 12 heteroatoms. The van der Waals surface area contributed by atoms with E-state index in [-0.39, 0.29) is 22.8 Å². The van der Waals surface area contributed by atoms with E-state index in [1.54, 1.807) is 5.38 Å². The van der Waals surface area contributed by atoms with Gasteiger partial charge >= 0.3 is 12.4 Å². The lowest BCUT2D eigenvalue weighted by atomic mass is 9.81. The van der Waals surface area contributed by atoms with Crippen LogP contribution in [-0.2, 0) is 22.6 Å². The van der Waals surface area contributed by atoms with Crippen molar-refractivity contribution < 1.29 is 31.1 Å². The number of benzene rings is 2. The van der Waals surface area contributed by atoms with Crippen molar-refractivity contribution >= 4 is 22.4 Å². The number of anilines is 1. The minimum Gasteiger partial charge on any atom is -0.375 e. The van der Waals surface area contributed by atoms with Gasteiger partial charge in [-0.2, -0.15) is 26.3 Å². The Labute approximate surface area is 244 Å². The first kappa shape index (κ1) is 30.3. The van der Waals surface area contributed by atoms with Gasteiger partial charge < -0.3 is 16.0 Å². The molecule has 226 valence electrons. The molecule has 0 radical (unpaired) electrons. The van der Waals surface area contributed by atoms with Gasteiger partial charge in [-0.3, -0.25) is 4.79 Å². The molecule has 2 heterocycles. The van der Waals surface area contributed by atoms with E-state index in [1.807, 2.05) is 18.2 Å². The zero-order chi connectivity index (χ0) is 30.3. The summed E-state index contributed by atoms with van der Waals surface area (Å²) in [5.41, 5.74) is 3.48. The van der Waals surface area contributed by atoms with E-state index in [0.717, 1.165) is 25.9 Å². The summed E-state index contributed by atoms with van der Waals surface area (Å²) in [7, 11) is 0. The number of amides is 1. The molecule has 3 N–H and O–H groups in total. The van der Waals surface area contributed by atoms with Crippen LogP contribution in [0.25, 0.3) is 0 Å². The van der Waals surface area contributed by atoms with Gasteiger partial charge in [0.25, 0.3) is 0 Å². The first-order valence-electron chi connectivity index (χ1n) is 13.9. The average molecular weight is 611 g/mol. The zero-order valence-corrected chi connectivity index (χ0v) is 23.8. The maximum atomic E-state index is 13.9. The van der Waals surface area contributed by atoms with Crippen LogP contribution in [0.2, 0.25) is 0 Å². The molecule has 3 unspecified atom stereocenters. The third-order valence-electron chi connectivity index (χ3n) is 8.71. The van der Waals surface area contributed by atoms with Crippen molar-refractivity contribution in [3.63, 3.8) is 0 Å². The number of likely N-dealkylation sites (tertiary alicyclic amines) is 1. The second kappa shape index (κ2) is 11.5. The summed E-state index contributed by atoms with van der Waals surface area (Å²) < 4.78 is 80.7. The molecule has 0 bridgehead atoms. The summed E-state index contributed by atoms with van der Waals surface area (Å²) in [5.74, 6) is -0.0157. The fourth-order valence-electron chi connectivity index (χ4n) is 6.36. The number of hydrogen-bond acceptors (Lipinski definition) is 5. The van der Waals surface area contributed by atoms with Crippen molar-refractivity contribution in [3.8, 4) is 0 Å². The standard InChI is InChI=1S/C30H32F6N4OS/c1-18(21-13-22(29(31,32)33)15-23(14-21)30(34,35)36)38-26(41)28(25-17-42-27(37)39-25)10-7-24(16-28)40-11-8-20(9-12-40)19-5-3-2-4-6-19/h2-6,13-15,17-18,20,24H,7-12,16H2,1H3,(H2,37,39)(H,38,41). The lowest BCUT2D eigenvalue weighted by Gasteiger charge is -2.37. The van der Waals surface area contributed by atoms with Crippen LogP contribution in [0.1, 0.15) is 78.9 Å². The van der Waals surface area contributed by atoms with Crippen molar-refractivity contribution in [1.29, 1.82) is 0 Å². The highest BCUT2D eigenvalue weighted by molar-refractivity contribution is 7.13. The van der Waals surface area contributed by atoms with Crippen LogP contribution in [0.4, 0.5) is 31.5 Å². The monoisotopic (exact) mass is 610 g/mol. The summed E-state index contributed by atoms with van der Waals surface area (Å²) in [6.45, 7) is 3.11. The first-order valence-corrected chi connectivity index (χ1v) is 14.7. The number of nitrogens with one attached hydrogen (secondary N) is 1. The van der Waals surface area contributed by atoms with Gasteiger partial charge in [-0.15, -0.1) is 11.3 Å². The van der Waals surface area contributed by atoms with Crippen LogP contribution in [0.15, 0.2) is 53.9 Å². The van der Waals surface area contributed by atoms with E-state index < -0.39 is 40.8 Å². The molecule has 1 saturated carbocycles. The van der Waals surface area contributed by atoms with E-state index in [1.165, 1.54) is 23.8 Å². The molecule has 1 aliphatic heterocycles. The Bertz CT molecular complexity index is 1370. The van der Waals surface area contributed by atoms with Gasteiger partial charge in [0, 0.05) is 11.4 Å². The third-order valence-corrected chi connectivity index (χ3v) is 9.38. The number of piperidine rings is 1. The highest BCUT2D eigenvalue weighted by atomic mass is 32.1. The van der Waals surface area contributed by atoms with Crippen LogP contribution in [-0.4, -0.2) is 34.9 Å². The van der Waals surface area contributed by atoms with Crippen molar-refractivity contribution in [2.75, 3.05) is 18.8 Å². The zero-order valence-electron chi connectivity index (χ0n) is 22.9. The number of nitrogens with zero attached hydrogens (tertiary/aromatic N) is 2. The molecule has 2 aromatic carbocycles. The Kier molecular flexibility index (Phi) is 8.32. The minimum atomic E-state index is -4.98. The Hall–Kier alpha value is -3.12. The number of carbonyl (C=O) groups is 1. The number of rotatable bonds is 6. The van der Waals surface area contributed by atoms with E-state index >= 15 is 0 Å². The number of halogens is 6. The van der Waals surface area contributed by atoms with E-state index in [4.69, 9.17) is 5.73 Å². The number of nitrogens with two attached hydrogens (primary N) is 1. The summed E-state index contributed by atoms with van der Waals surface area (Å²) >= 11 is 1.19. The fourth-order valence-corrected chi connectivity index (χ4v) is 7.03. The number of alkyl halides is 6. The molecule has 3 aromatic rings. The summed E-state index contributed by atoms with van der Waals surface area (Å²) in [6, 6.07) is 10.7. The number of nitrogen functional groups attached to an aromatic ring is 1. The van der Waals surface area contributed by atoms with Crippen LogP contribution in [0.3, 0.4) is 0 Å². The molecule has 42 heavy (non-hydrogen) atoms.